The van der Waals surface area contributed by atoms with Crippen molar-refractivity contribution in [1.29, 1.82) is 0 Å². The second-order valence-electron chi connectivity index (χ2n) is 5.33. The molecule has 0 saturated heterocycles. The van der Waals surface area contributed by atoms with Crippen molar-refractivity contribution in [3.63, 3.8) is 0 Å². The molecule has 0 fully saturated rings. The molecule has 0 aliphatic rings. The van der Waals surface area contributed by atoms with Crippen LogP contribution < -0.4 is 10.6 Å². The molecule has 0 saturated carbocycles. The maximum absolute atomic E-state index is 13.9. The zero-order chi connectivity index (χ0) is 17.5. The van der Waals surface area contributed by atoms with E-state index in [0.717, 1.165) is 4.90 Å². The molecule has 2 N–H and O–H groups in total. The van der Waals surface area contributed by atoms with E-state index >= 15 is 0 Å². The van der Waals surface area contributed by atoms with E-state index in [-0.39, 0.29) is 16.7 Å². The van der Waals surface area contributed by atoms with Crippen LogP contribution in [0.1, 0.15) is 24.2 Å². The van der Waals surface area contributed by atoms with Gasteiger partial charge in [-0.05, 0) is 30.3 Å². The molecule has 2 rings (SSSR count). The van der Waals surface area contributed by atoms with Crippen LogP contribution in [0.4, 0.5) is 10.1 Å². The molecule has 2 aromatic rings. The van der Waals surface area contributed by atoms with E-state index in [9.17, 15) is 14.0 Å². The van der Waals surface area contributed by atoms with Gasteiger partial charge >= 0.3 is 0 Å². The first-order valence-corrected chi connectivity index (χ1v) is 8.40. The van der Waals surface area contributed by atoms with E-state index in [0.29, 0.717) is 12.2 Å². The standard InChI is InChI=1S/C18H19FN2O2S/c1-12(24-15-6-4-3-5-7-15)11-20-18(23)16-10-14(21-13(2)22)8-9-17(16)19/h3-10,12H,11H2,1-2H3,(H,20,23)(H,21,22)/t12-/m1/s1. The van der Waals surface area contributed by atoms with Crippen LogP contribution in [0.2, 0.25) is 0 Å². The normalized spacial score (nSPS) is 11.6. The highest BCUT2D eigenvalue weighted by molar-refractivity contribution is 8.00. The van der Waals surface area contributed by atoms with Gasteiger partial charge in [0.15, 0.2) is 0 Å². The van der Waals surface area contributed by atoms with Gasteiger partial charge in [0.05, 0.1) is 5.56 Å². The van der Waals surface area contributed by atoms with Gasteiger partial charge in [0.1, 0.15) is 5.82 Å². The Hall–Kier alpha value is -2.34. The van der Waals surface area contributed by atoms with E-state index in [1.54, 1.807) is 11.8 Å². The SMILES string of the molecule is CC(=O)Nc1ccc(F)c(C(=O)NC[C@@H](C)Sc2ccccc2)c1. The van der Waals surface area contributed by atoms with Gasteiger partial charge in [-0.2, -0.15) is 0 Å². The summed E-state index contributed by atoms with van der Waals surface area (Å²) in [6.07, 6.45) is 0. The summed E-state index contributed by atoms with van der Waals surface area (Å²) in [6, 6.07) is 13.8. The van der Waals surface area contributed by atoms with Crippen molar-refractivity contribution in [1.82, 2.24) is 5.32 Å². The van der Waals surface area contributed by atoms with Crippen molar-refractivity contribution in [2.24, 2.45) is 0 Å². The summed E-state index contributed by atoms with van der Waals surface area (Å²) >= 11 is 1.63. The molecule has 0 radical (unpaired) electrons. The predicted octanol–water partition coefficient (Wildman–Crippen LogP) is 3.69. The molecule has 0 aliphatic carbocycles. The molecule has 0 spiro atoms. The molecule has 2 amide bonds. The highest BCUT2D eigenvalue weighted by Crippen LogP contribution is 2.22. The number of carbonyl (C=O) groups is 2. The van der Waals surface area contributed by atoms with Crippen molar-refractivity contribution in [3.8, 4) is 0 Å². The van der Waals surface area contributed by atoms with Crippen molar-refractivity contribution >= 4 is 29.3 Å². The average molecular weight is 346 g/mol. The lowest BCUT2D eigenvalue weighted by Crippen LogP contribution is -2.30. The highest BCUT2D eigenvalue weighted by Gasteiger charge is 2.14. The van der Waals surface area contributed by atoms with Crippen molar-refractivity contribution in [2.45, 2.75) is 24.0 Å². The van der Waals surface area contributed by atoms with Gasteiger partial charge in [-0.3, -0.25) is 9.59 Å². The second-order valence-corrected chi connectivity index (χ2v) is 6.84. The Bertz CT molecular complexity index is 722. The van der Waals surface area contributed by atoms with Crippen molar-refractivity contribution in [3.05, 3.63) is 59.9 Å². The number of thioether (sulfide) groups is 1. The Morgan fingerprint density at radius 2 is 1.88 bits per heavy atom. The molecule has 0 aromatic heterocycles. The largest absolute Gasteiger partial charge is 0.351 e. The number of amides is 2. The zero-order valence-corrected chi connectivity index (χ0v) is 14.3. The van der Waals surface area contributed by atoms with Gasteiger partial charge < -0.3 is 10.6 Å². The summed E-state index contributed by atoms with van der Waals surface area (Å²) in [5.74, 6) is -1.40. The summed E-state index contributed by atoms with van der Waals surface area (Å²) in [7, 11) is 0. The number of nitrogens with one attached hydrogen (secondary N) is 2. The lowest BCUT2D eigenvalue weighted by Gasteiger charge is -2.13. The van der Waals surface area contributed by atoms with E-state index < -0.39 is 11.7 Å². The Morgan fingerprint density at radius 1 is 1.17 bits per heavy atom. The van der Waals surface area contributed by atoms with E-state index in [4.69, 9.17) is 0 Å². The van der Waals surface area contributed by atoms with Gasteiger partial charge in [0.2, 0.25) is 5.91 Å². The maximum Gasteiger partial charge on any atom is 0.254 e. The predicted molar refractivity (Wildman–Crippen MR) is 94.8 cm³/mol. The third-order valence-electron chi connectivity index (χ3n) is 3.16. The van der Waals surface area contributed by atoms with Gasteiger partial charge in [0, 0.05) is 29.3 Å². The third-order valence-corrected chi connectivity index (χ3v) is 4.28. The quantitative estimate of drug-likeness (QED) is 0.784. The Morgan fingerprint density at radius 3 is 2.54 bits per heavy atom. The molecule has 24 heavy (non-hydrogen) atoms. The van der Waals surface area contributed by atoms with Crippen LogP contribution in [0.25, 0.3) is 0 Å². The number of hydrogen-bond donors (Lipinski definition) is 2. The van der Waals surface area contributed by atoms with Gasteiger partial charge in [-0.25, -0.2) is 4.39 Å². The molecule has 126 valence electrons. The topological polar surface area (TPSA) is 58.2 Å². The molecular weight excluding hydrogens is 327 g/mol. The maximum atomic E-state index is 13.9. The first-order valence-electron chi connectivity index (χ1n) is 7.52. The fourth-order valence-electron chi connectivity index (χ4n) is 2.08. The van der Waals surface area contributed by atoms with Crippen LogP contribution in [-0.2, 0) is 4.79 Å². The summed E-state index contributed by atoms with van der Waals surface area (Å²) in [5.41, 5.74) is 0.305. The van der Waals surface area contributed by atoms with Crippen LogP contribution in [0.5, 0.6) is 0 Å². The lowest BCUT2D eigenvalue weighted by molar-refractivity contribution is -0.114. The number of halogens is 1. The number of anilines is 1. The summed E-state index contributed by atoms with van der Waals surface area (Å²) < 4.78 is 13.9. The van der Waals surface area contributed by atoms with Crippen LogP contribution in [-0.4, -0.2) is 23.6 Å². The minimum absolute atomic E-state index is 0.0850. The van der Waals surface area contributed by atoms with Crippen LogP contribution >= 0.6 is 11.8 Å². The Kier molecular flexibility index (Phi) is 6.37. The van der Waals surface area contributed by atoms with E-state index in [2.05, 4.69) is 10.6 Å². The second kappa shape index (κ2) is 8.49. The van der Waals surface area contributed by atoms with Crippen LogP contribution in [0.15, 0.2) is 53.4 Å². The van der Waals surface area contributed by atoms with Crippen LogP contribution in [0, 0.1) is 5.82 Å². The minimum Gasteiger partial charge on any atom is -0.351 e. The third kappa shape index (κ3) is 5.38. The molecule has 6 heteroatoms. The summed E-state index contributed by atoms with van der Waals surface area (Å²) in [6.45, 7) is 3.75. The molecule has 1 atom stereocenters. The van der Waals surface area contributed by atoms with Crippen LogP contribution in [0.3, 0.4) is 0 Å². The zero-order valence-electron chi connectivity index (χ0n) is 13.5. The fourth-order valence-corrected chi connectivity index (χ4v) is 3.03. The van der Waals surface area contributed by atoms with Gasteiger partial charge in [0.25, 0.3) is 5.91 Å². The molecule has 2 aromatic carbocycles. The van der Waals surface area contributed by atoms with Crippen molar-refractivity contribution < 1.29 is 14.0 Å². The first-order chi connectivity index (χ1) is 11.5. The smallest absolute Gasteiger partial charge is 0.254 e. The number of carbonyl (C=O) groups excluding carboxylic acids is 2. The minimum atomic E-state index is -0.620. The molecule has 0 heterocycles. The Balaban J connectivity index is 1.95. The molecule has 4 nitrogen and oxygen atoms in total. The Labute approximate surface area is 144 Å². The first kappa shape index (κ1) is 18.0. The summed E-state index contributed by atoms with van der Waals surface area (Å²) in [5, 5.41) is 5.40. The summed E-state index contributed by atoms with van der Waals surface area (Å²) in [4.78, 5) is 24.4. The van der Waals surface area contributed by atoms with Gasteiger partial charge in [-0.15, -0.1) is 11.8 Å². The highest BCUT2D eigenvalue weighted by atomic mass is 32.2. The van der Waals surface area contributed by atoms with E-state index in [1.807, 2.05) is 37.3 Å². The number of rotatable bonds is 6. The lowest BCUT2D eigenvalue weighted by atomic mass is 10.1. The van der Waals surface area contributed by atoms with Crippen molar-refractivity contribution in [2.75, 3.05) is 11.9 Å². The molecule has 0 aliphatic heterocycles. The monoisotopic (exact) mass is 346 g/mol. The molecule has 0 unspecified atom stereocenters. The average Bonchev–Trinajstić information content (AvgIpc) is 2.55. The van der Waals surface area contributed by atoms with E-state index in [1.165, 1.54) is 25.1 Å². The number of benzene rings is 2. The number of hydrogen-bond acceptors (Lipinski definition) is 3. The molecular formula is C18H19FN2O2S. The van der Waals surface area contributed by atoms with Gasteiger partial charge in [-0.1, -0.05) is 25.1 Å². The molecule has 0 bridgehead atoms. The fraction of sp³-hybridized carbons (Fsp3) is 0.222.